The van der Waals surface area contributed by atoms with Crippen molar-refractivity contribution in [1.29, 1.82) is 0 Å². The van der Waals surface area contributed by atoms with Crippen LogP contribution in [0.1, 0.15) is 94.9 Å². The minimum Gasteiger partial charge on any atom is -0.310 e. The molecule has 0 atom stereocenters. The van der Waals surface area contributed by atoms with Gasteiger partial charge < -0.3 is 4.90 Å². The van der Waals surface area contributed by atoms with Crippen molar-refractivity contribution in [2.75, 3.05) is 4.90 Å². The van der Waals surface area contributed by atoms with Crippen molar-refractivity contribution in [3.8, 4) is 22.3 Å². The highest BCUT2D eigenvalue weighted by molar-refractivity contribution is 5.97. The van der Waals surface area contributed by atoms with Gasteiger partial charge in [-0.3, -0.25) is 0 Å². The highest BCUT2D eigenvalue weighted by atomic mass is 15.1. The van der Waals surface area contributed by atoms with Gasteiger partial charge >= 0.3 is 0 Å². The number of rotatable bonds is 4. The van der Waals surface area contributed by atoms with E-state index >= 15 is 0 Å². The van der Waals surface area contributed by atoms with Crippen molar-refractivity contribution < 1.29 is 0 Å². The molecule has 0 amide bonds. The number of hydrogen-bond donors (Lipinski definition) is 0. The highest BCUT2D eigenvalue weighted by Gasteiger charge is 2.61. The van der Waals surface area contributed by atoms with E-state index < -0.39 is 0 Å². The lowest BCUT2D eigenvalue weighted by Crippen LogP contribution is -2.55. The number of hydrogen-bond acceptors (Lipinski definition) is 1. The van der Waals surface area contributed by atoms with Crippen LogP contribution in [0.15, 0.2) is 127 Å². The maximum atomic E-state index is 2.57. The molecule has 1 nitrogen and oxygen atoms in total. The molecule has 0 radical (unpaired) electrons. The van der Waals surface area contributed by atoms with Gasteiger partial charge in [0.1, 0.15) is 0 Å². The summed E-state index contributed by atoms with van der Waals surface area (Å²) in [5.41, 5.74) is 16.1. The molecule has 0 aliphatic heterocycles. The molecular formula is C52H51N. The van der Waals surface area contributed by atoms with Crippen molar-refractivity contribution in [2.24, 2.45) is 23.7 Å². The van der Waals surface area contributed by atoms with Gasteiger partial charge in [0.15, 0.2) is 0 Å². The molecule has 4 fully saturated rings. The van der Waals surface area contributed by atoms with E-state index in [4.69, 9.17) is 0 Å². The van der Waals surface area contributed by atoms with Crippen LogP contribution >= 0.6 is 0 Å². The Morgan fingerprint density at radius 1 is 0.472 bits per heavy atom. The average Bonchev–Trinajstić information content (AvgIpc) is 3.47. The molecule has 53 heavy (non-hydrogen) atoms. The lowest BCUT2D eigenvalue weighted by Gasteiger charge is -2.61. The Morgan fingerprint density at radius 2 is 1.09 bits per heavy atom. The molecule has 1 heteroatoms. The van der Waals surface area contributed by atoms with Crippen LogP contribution in [0.3, 0.4) is 0 Å². The smallest absolute Gasteiger partial charge is 0.0543 e. The Labute approximate surface area is 316 Å². The van der Waals surface area contributed by atoms with Gasteiger partial charge in [-0.2, -0.15) is 0 Å². The predicted molar refractivity (Wildman–Crippen MR) is 223 cm³/mol. The molecule has 0 heterocycles. The highest BCUT2D eigenvalue weighted by Crippen LogP contribution is 2.70. The molecule has 6 aliphatic carbocycles. The Kier molecular flexibility index (Phi) is 6.74. The monoisotopic (exact) mass is 689 g/mol. The minimum atomic E-state index is 0.142. The van der Waals surface area contributed by atoms with Crippen LogP contribution in [0.2, 0.25) is 0 Å². The zero-order valence-corrected chi connectivity index (χ0v) is 31.8. The molecule has 4 bridgehead atoms. The van der Waals surface area contributed by atoms with Crippen LogP contribution in [0.25, 0.3) is 33.0 Å². The zero-order valence-electron chi connectivity index (χ0n) is 31.8. The third-order valence-corrected chi connectivity index (χ3v) is 15.1. The number of nitrogens with zero attached hydrogens (tertiary/aromatic N) is 1. The largest absolute Gasteiger partial charge is 0.310 e. The van der Waals surface area contributed by atoms with Crippen molar-refractivity contribution in [3.05, 3.63) is 150 Å². The Hall–Kier alpha value is -4.62. The predicted octanol–water partition coefficient (Wildman–Crippen LogP) is 14.0. The van der Waals surface area contributed by atoms with Gasteiger partial charge in [-0.25, -0.2) is 0 Å². The van der Waals surface area contributed by atoms with Crippen molar-refractivity contribution in [3.63, 3.8) is 0 Å². The van der Waals surface area contributed by atoms with Gasteiger partial charge in [-0.1, -0.05) is 125 Å². The second-order valence-corrected chi connectivity index (χ2v) is 18.9. The van der Waals surface area contributed by atoms with Crippen molar-refractivity contribution >= 4 is 27.8 Å². The first-order chi connectivity index (χ1) is 25.7. The van der Waals surface area contributed by atoms with Crippen LogP contribution in [0.4, 0.5) is 17.1 Å². The van der Waals surface area contributed by atoms with Gasteiger partial charge in [-0.05, 0) is 159 Å². The third kappa shape index (κ3) is 4.55. The number of anilines is 3. The fourth-order valence-corrected chi connectivity index (χ4v) is 12.7. The fourth-order valence-electron chi connectivity index (χ4n) is 12.7. The summed E-state index contributed by atoms with van der Waals surface area (Å²) < 4.78 is 0. The van der Waals surface area contributed by atoms with Crippen molar-refractivity contribution in [2.45, 2.75) is 88.9 Å². The second kappa shape index (κ2) is 11.2. The molecule has 6 aromatic rings. The van der Waals surface area contributed by atoms with E-state index in [0.29, 0.717) is 0 Å². The number of fused-ring (bicyclic) bond motifs is 5. The van der Waals surface area contributed by atoms with Crippen LogP contribution in [0, 0.1) is 23.7 Å². The topological polar surface area (TPSA) is 3.24 Å². The maximum Gasteiger partial charge on any atom is 0.0543 e. The van der Waals surface area contributed by atoms with Crippen LogP contribution in [-0.2, 0) is 16.2 Å². The zero-order chi connectivity index (χ0) is 35.7. The molecule has 264 valence electrons. The van der Waals surface area contributed by atoms with Crippen LogP contribution in [0.5, 0.6) is 0 Å². The maximum absolute atomic E-state index is 2.57. The Bertz CT molecular complexity index is 2400. The third-order valence-electron chi connectivity index (χ3n) is 15.1. The average molecular weight is 690 g/mol. The van der Waals surface area contributed by atoms with E-state index in [1.165, 1.54) is 106 Å². The molecule has 4 saturated carbocycles. The molecule has 12 rings (SSSR count). The summed E-state index contributed by atoms with van der Waals surface area (Å²) in [6.07, 6.45) is 9.55. The lowest BCUT2D eigenvalue weighted by molar-refractivity contribution is -0.0399. The summed E-state index contributed by atoms with van der Waals surface area (Å²) in [6, 6.07) is 49.5. The molecule has 0 aromatic heterocycles. The van der Waals surface area contributed by atoms with Crippen LogP contribution < -0.4 is 4.90 Å². The van der Waals surface area contributed by atoms with Gasteiger partial charge in [0.2, 0.25) is 0 Å². The molecule has 1 spiro atoms. The molecular weight excluding hydrogens is 639 g/mol. The van der Waals surface area contributed by atoms with E-state index in [1.54, 1.807) is 11.1 Å². The van der Waals surface area contributed by atoms with E-state index in [-0.39, 0.29) is 16.2 Å². The lowest BCUT2D eigenvalue weighted by atomic mass is 9.43. The summed E-state index contributed by atoms with van der Waals surface area (Å²) in [7, 11) is 0. The quantitative estimate of drug-likeness (QED) is 0.178. The number of benzene rings is 6. The minimum absolute atomic E-state index is 0.142. The van der Waals surface area contributed by atoms with Gasteiger partial charge in [0.25, 0.3) is 0 Å². The van der Waals surface area contributed by atoms with E-state index in [2.05, 4.69) is 160 Å². The summed E-state index contributed by atoms with van der Waals surface area (Å²) in [5.74, 6) is 3.36. The summed E-state index contributed by atoms with van der Waals surface area (Å²) in [6.45, 7) is 9.69. The second-order valence-electron chi connectivity index (χ2n) is 18.9. The molecule has 0 N–H and O–H groups in total. The van der Waals surface area contributed by atoms with Gasteiger partial charge in [-0.15, -0.1) is 0 Å². The SMILES string of the molecule is CC1(C)CCC(C)(C)c2cc(-c3ccc(N(c4ccc5ccccc5c4)c4cccc5c4-c4ccccc4C54C5CC6CC(C5)CC4C6)cc3)ccc21. The fraction of sp³-hybridized carbons (Fsp3) is 0.346. The summed E-state index contributed by atoms with van der Waals surface area (Å²) in [4.78, 5) is 2.57. The molecule has 6 aliphatic rings. The van der Waals surface area contributed by atoms with E-state index in [9.17, 15) is 0 Å². The first kappa shape index (κ1) is 31.9. The molecule has 0 unspecified atom stereocenters. The Morgan fingerprint density at radius 3 is 1.85 bits per heavy atom. The first-order valence-corrected chi connectivity index (χ1v) is 20.5. The van der Waals surface area contributed by atoms with Gasteiger partial charge in [0.05, 0.1) is 5.69 Å². The standard InChI is InChI=1S/C52H51N/c1-50(2)24-25-51(3,4)47-32-38(19-23-45(47)50)36-16-20-41(21-17-36)53(42-22-18-35-10-5-6-11-37(35)31-42)48-15-9-14-46-49(48)43-12-7-8-13-44(43)52(46)39-27-33-26-34(29-39)30-40(52)28-33/h5-23,31-34,39-40H,24-30H2,1-4H3. The summed E-state index contributed by atoms with van der Waals surface area (Å²) in [5, 5.41) is 2.55. The molecule has 0 saturated heterocycles. The van der Waals surface area contributed by atoms with Crippen molar-refractivity contribution in [1.82, 2.24) is 0 Å². The Balaban J connectivity index is 1.08. The van der Waals surface area contributed by atoms with Crippen LogP contribution in [-0.4, -0.2) is 0 Å². The first-order valence-electron chi connectivity index (χ1n) is 20.5. The molecule has 6 aromatic carbocycles. The normalized spacial score (nSPS) is 26.7. The summed E-state index contributed by atoms with van der Waals surface area (Å²) >= 11 is 0. The van der Waals surface area contributed by atoms with E-state index in [0.717, 1.165) is 23.7 Å². The van der Waals surface area contributed by atoms with Gasteiger partial charge in [0, 0.05) is 22.4 Å². The van der Waals surface area contributed by atoms with E-state index in [1.807, 2.05) is 0 Å².